The Bertz CT molecular complexity index is 738. The van der Waals surface area contributed by atoms with Gasteiger partial charge in [-0.15, -0.1) is 0 Å². The molecule has 0 atom stereocenters. The van der Waals surface area contributed by atoms with Crippen LogP contribution in [-0.2, 0) is 11.3 Å². The Hall–Kier alpha value is -2.11. The number of pyridine rings is 1. The molecule has 0 bridgehead atoms. The van der Waals surface area contributed by atoms with E-state index in [1.54, 1.807) is 21.4 Å². The SMILES string of the molecule is CC(C)NC(=O)Cn1c(=O)n(C2CCCC2)c2ncccc21. The number of nitrogens with one attached hydrogen (secondary N) is 1. The molecule has 1 amide bonds. The van der Waals surface area contributed by atoms with Gasteiger partial charge in [-0.05, 0) is 38.8 Å². The molecule has 2 heterocycles. The van der Waals surface area contributed by atoms with E-state index in [0.717, 1.165) is 31.2 Å². The number of hydrogen-bond donors (Lipinski definition) is 1. The molecule has 0 spiro atoms. The minimum atomic E-state index is -0.147. The predicted octanol–water partition coefficient (Wildman–Crippen LogP) is 1.84. The molecule has 0 aliphatic heterocycles. The first kappa shape index (κ1) is 14.8. The van der Waals surface area contributed by atoms with Crippen LogP contribution in [0.15, 0.2) is 23.1 Å². The average molecular weight is 302 g/mol. The number of nitrogens with zero attached hydrogens (tertiary/aromatic N) is 3. The van der Waals surface area contributed by atoms with E-state index in [9.17, 15) is 9.59 Å². The number of rotatable bonds is 4. The van der Waals surface area contributed by atoms with Gasteiger partial charge in [-0.25, -0.2) is 9.78 Å². The number of aromatic nitrogens is 3. The lowest BCUT2D eigenvalue weighted by Crippen LogP contribution is -2.36. The van der Waals surface area contributed by atoms with Crippen molar-refractivity contribution < 1.29 is 4.79 Å². The van der Waals surface area contributed by atoms with Crippen LogP contribution in [-0.4, -0.2) is 26.1 Å². The summed E-state index contributed by atoms with van der Waals surface area (Å²) in [6.07, 6.45) is 6.00. The van der Waals surface area contributed by atoms with Gasteiger partial charge in [-0.2, -0.15) is 0 Å². The van der Waals surface area contributed by atoms with E-state index in [1.807, 2.05) is 19.9 Å². The van der Waals surface area contributed by atoms with Gasteiger partial charge < -0.3 is 5.32 Å². The van der Waals surface area contributed by atoms with Crippen molar-refractivity contribution in [3.63, 3.8) is 0 Å². The molecule has 0 aromatic carbocycles. The van der Waals surface area contributed by atoms with Crippen LogP contribution in [0.3, 0.4) is 0 Å². The Morgan fingerprint density at radius 1 is 1.41 bits per heavy atom. The van der Waals surface area contributed by atoms with Crippen LogP contribution >= 0.6 is 0 Å². The largest absolute Gasteiger partial charge is 0.352 e. The van der Waals surface area contributed by atoms with Gasteiger partial charge in [0.1, 0.15) is 6.54 Å². The summed E-state index contributed by atoms with van der Waals surface area (Å²) < 4.78 is 3.32. The Morgan fingerprint density at radius 3 is 2.82 bits per heavy atom. The van der Waals surface area contributed by atoms with Crippen molar-refractivity contribution >= 4 is 17.1 Å². The summed E-state index contributed by atoms with van der Waals surface area (Å²) in [5, 5.41) is 2.83. The highest BCUT2D eigenvalue weighted by molar-refractivity contribution is 5.79. The van der Waals surface area contributed by atoms with E-state index in [0.29, 0.717) is 5.65 Å². The van der Waals surface area contributed by atoms with Gasteiger partial charge in [0.2, 0.25) is 5.91 Å². The fourth-order valence-corrected chi connectivity index (χ4v) is 3.26. The minimum Gasteiger partial charge on any atom is -0.352 e. The second-order valence-electron chi connectivity index (χ2n) is 6.25. The molecule has 0 saturated heterocycles. The zero-order valence-electron chi connectivity index (χ0n) is 13.1. The maximum Gasteiger partial charge on any atom is 0.331 e. The van der Waals surface area contributed by atoms with E-state index < -0.39 is 0 Å². The third-order valence-electron chi connectivity index (χ3n) is 4.16. The van der Waals surface area contributed by atoms with Crippen molar-refractivity contribution in [1.29, 1.82) is 0 Å². The van der Waals surface area contributed by atoms with Crippen LogP contribution in [0, 0.1) is 0 Å². The van der Waals surface area contributed by atoms with Gasteiger partial charge in [0.15, 0.2) is 5.65 Å². The molecule has 0 radical (unpaired) electrons. The number of fused-ring (bicyclic) bond motifs is 1. The standard InChI is InChI=1S/C16H22N4O2/c1-11(2)18-14(21)10-19-13-8-5-9-17-15(13)20(16(19)22)12-6-3-4-7-12/h5,8-9,11-12H,3-4,6-7,10H2,1-2H3,(H,18,21). The van der Waals surface area contributed by atoms with Gasteiger partial charge in [-0.3, -0.25) is 13.9 Å². The molecule has 1 saturated carbocycles. The molecule has 6 heteroatoms. The molecular weight excluding hydrogens is 280 g/mol. The monoisotopic (exact) mass is 302 g/mol. The Kier molecular flexibility index (Phi) is 4.00. The zero-order chi connectivity index (χ0) is 15.7. The number of carbonyl (C=O) groups excluding carboxylic acids is 1. The predicted molar refractivity (Wildman–Crippen MR) is 84.8 cm³/mol. The minimum absolute atomic E-state index is 0.0406. The average Bonchev–Trinajstić information content (AvgIpc) is 3.06. The maximum atomic E-state index is 12.8. The number of amides is 1. The number of hydrogen-bond acceptors (Lipinski definition) is 3. The topological polar surface area (TPSA) is 68.9 Å². The van der Waals surface area contributed by atoms with Crippen LogP contribution < -0.4 is 11.0 Å². The number of carbonyl (C=O) groups is 1. The lowest BCUT2D eigenvalue weighted by molar-refractivity contribution is -0.122. The van der Waals surface area contributed by atoms with Gasteiger partial charge in [0.25, 0.3) is 0 Å². The van der Waals surface area contributed by atoms with Crippen LogP contribution in [0.4, 0.5) is 0 Å². The van der Waals surface area contributed by atoms with Crippen molar-refractivity contribution in [2.45, 2.75) is 58.2 Å². The lowest BCUT2D eigenvalue weighted by atomic mass is 10.2. The molecule has 1 N–H and O–H groups in total. The first-order valence-electron chi connectivity index (χ1n) is 7.93. The molecule has 1 aliphatic carbocycles. The molecule has 3 rings (SSSR count). The third kappa shape index (κ3) is 2.65. The third-order valence-corrected chi connectivity index (χ3v) is 4.16. The second kappa shape index (κ2) is 5.94. The van der Waals surface area contributed by atoms with E-state index in [-0.39, 0.29) is 30.2 Å². The first-order chi connectivity index (χ1) is 10.6. The van der Waals surface area contributed by atoms with E-state index in [1.165, 1.54) is 0 Å². The summed E-state index contributed by atoms with van der Waals surface area (Å²) in [5.74, 6) is -0.147. The van der Waals surface area contributed by atoms with Crippen molar-refractivity contribution in [1.82, 2.24) is 19.4 Å². The molecule has 22 heavy (non-hydrogen) atoms. The molecule has 2 aromatic heterocycles. The zero-order valence-corrected chi connectivity index (χ0v) is 13.1. The Labute approximate surface area is 129 Å². The highest BCUT2D eigenvalue weighted by Gasteiger charge is 2.24. The quantitative estimate of drug-likeness (QED) is 0.937. The van der Waals surface area contributed by atoms with Crippen LogP contribution in [0.2, 0.25) is 0 Å². The van der Waals surface area contributed by atoms with Crippen LogP contribution in [0.25, 0.3) is 11.2 Å². The fourth-order valence-electron chi connectivity index (χ4n) is 3.26. The maximum absolute atomic E-state index is 12.8. The van der Waals surface area contributed by atoms with Crippen molar-refractivity contribution in [3.05, 3.63) is 28.8 Å². The normalized spacial score (nSPS) is 15.8. The molecule has 2 aromatic rings. The summed E-state index contributed by atoms with van der Waals surface area (Å²) >= 11 is 0. The smallest absolute Gasteiger partial charge is 0.331 e. The molecule has 1 fully saturated rings. The van der Waals surface area contributed by atoms with Crippen molar-refractivity contribution in [2.75, 3.05) is 0 Å². The summed E-state index contributed by atoms with van der Waals surface area (Å²) in [4.78, 5) is 29.2. The summed E-state index contributed by atoms with van der Waals surface area (Å²) in [6.45, 7) is 3.85. The highest BCUT2D eigenvalue weighted by Crippen LogP contribution is 2.30. The summed E-state index contributed by atoms with van der Waals surface area (Å²) in [7, 11) is 0. The van der Waals surface area contributed by atoms with Crippen LogP contribution in [0.1, 0.15) is 45.6 Å². The second-order valence-corrected chi connectivity index (χ2v) is 6.25. The van der Waals surface area contributed by atoms with Crippen LogP contribution in [0.5, 0.6) is 0 Å². The van der Waals surface area contributed by atoms with E-state index >= 15 is 0 Å². The van der Waals surface area contributed by atoms with Gasteiger partial charge in [-0.1, -0.05) is 12.8 Å². The molecule has 0 unspecified atom stereocenters. The first-order valence-corrected chi connectivity index (χ1v) is 7.93. The fraction of sp³-hybridized carbons (Fsp3) is 0.562. The lowest BCUT2D eigenvalue weighted by Gasteiger charge is -2.10. The Morgan fingerprint density at radius 2 is 2.14 bits per heavy atom. The van der Waals surface area contributed by atoms with Gasteiger partial charge in [0.05, 0.1) is 5.52 Å². The molecular formula is C16H22N4O2. The molecule has 6 nitrogen and oxygen atoms in total. The summed E-state index contributed by atoms with van der Waals surface area (Å²) in [5.41, 5.74) is 1.30. The van der Waals surface area contributed by atoms with Gasteiger partial charge >= 0.3 is 5.69 Å². The Balaban J connectivity index is 2.04. The van der Waals surface area contributed by atoms with Crippen molar-refractivity contribution in [2.24, 2.45) is 0 Å². The highest BCUT2D eigenvalue weighted by atomic mass is 16.2. The van der Waals surface area contributed by atoms with E-state index in [4.69, 9.17) is 0 Å². The summed E-state index contributed by atoms with van der Waals surface area (Å²) in [6, 6.07) is 3.93. The molecule has 1 aliphatic rings. The van der Waals surface area contributed by atoms with E-state index in [2.05, 4.69) is 10.3 Å². The van der Waals surface area contributed by atoms with Gasteiger partial charge in [0, 0.05) is 18.3 Å². The molecule has 118 valence electrons. The van der Waals surface area contributed by atoms with Crippen molar-refractivity contribution in [3.8, 4) is 0 Å². The number of imidazole rings is 1.